The molecule has 0 aliphatic heterocycles. The van der Waals surface area contributed by atoms with E-state index in [4.69, 9.17) is 5.73 Å². The molecule has 0 heterocycles. The number of aliphatic hydroxyl groups is 1. The van der Waals surface area contributed by atoms with Crippen LogP contribution in [0.25, 0.3) is 0 Å². The fourth-order valence-electron chi connectivity index (χ4n) is 1.82. The van der Waals surface area contributed by atoms with Gasteiger partial charge >= 0.3 is 0 Å². The van der Waals surface area contributed by atoms with Gasteiger partial charge in [-0.3, -0.25) is 0 Å². The molecule has 3 heteroatoms. The Hall–Kier alpha value is -0.900. The molecule has 2 rings (SSSR count). The Morgan fingerprint density at radius 1 is 1.31 bits per heavy atom. The monoisotopic (exact) mass is 220 g/mol. The smallest absolute Gasteiger partial charge is 0.118 e. The molecule has 4 N–H and O–H groups in total. The van der Waals surface area contributed by atoms with Gasteiger partial charge in [-0.2, -0.15) is 0 Å². The second kappa shape index (κ2) is 4.95. The van der Waals surface area contributed by atoms with E-state index < -0.39 is 5.72 Å². The molecule has 16 heavy (non-hydrogen) atoms. The lowest BCUT2D eigenvalue weighted by molar-refractivity contribution is 0.0386. The molecule has 1 aromatic rings. The van der Waals surface area contributed by atoms with E-state index in [0.29, 0.717) is 18.9 Å². The van der Waals surface area contributed by atoms with Gasteiger partial charge in [0.2, 0.25) is 0 Å². The van der Waals surface area contributed by atoms with Crippen LogP contribution >= 0.6 is 0 Å². The van der Waals surface area contributed by atoms with Crippen molar-refractivity contribution in [2.24, 2.45) is 5.73 Å². The zero-order chi connectivity index (χ0) is 11.4. The third kappa shape index (κ3) is 3.93. The van der Waals surface area contributed by atoms with Crippen LogP contribution < -0.4 is 11.1 Å². The standard InChI is InChI=1S/C13H20N2O/c14-13(16,8-9-15-12-6-7-12)10-11-4-2-1-3-5-11/h1-5,12,15-16H,6-10,14H2/t13-/m1/s1. The summed E-state index contributed by atoms with van der Waals surface area (Å²) in [6.07, 6.45) is 3.64. The zero-order valence-electron chi connectivity index (χ0n) is 9.52. The predicted molar refractivity (Wildman–Crippen MR) is 64.9 cm³/mol. The lowest BCUT2D eigenvalue weighted by atomic mass is 10.0. The van der Waals surface area contributed by atoms with E-state index in [9.17, 15) is 5.11 Å². The molecule has 0 saturated heterocycles. The Labute approximate surface area is 96.7 Å². The van der Waals surface area contributed by atoms with Crippen molar-refractivity contribution in [3.05, 3.63) is 35.9 Å². The number of benzene rings is 1. The van der Waals surface area contributed by atoms with Crippen LogP contribution in [0.2, 0.25) is 0 Å². The van der Waals surface area contributed by atoms with Gasteiger partial charge in [0, 0.05) is 18.9 Å². The summed E-state index contributed by atoms with van der Waals surface area (Å²) in [4.78, 5) is 0. The summed E-state index contributed by atoms with van der Waals surface area (Å²) in [5.74, 6) is 0. The average molecular weight is 220 g/mol. The van der Waals surface area contributed by atoms with Crippen molar-refractivity contribution >= 4 is 0 Å². The Morgan fingerprint density at radius 3 is 2.62 bits per heavy atom. The maximum atomic E-state index is 10.0. The summed E-state index contributed by atoms with van der Waals surface area (Å²) in [5.41, 5.74) is 5.86. The molecule has 1 fully saturated rings. The van der Waals surface area contributed by atoms with E-state index >= 15 is 0 Å². The first-order chi connectivity index (χ1) is 7.66. The highest BCUT2D eigenvalue weighted by molar-refractivity contribution is 5.16. The Bertz CT molecular complexity index is 320. The van der Waals surface area contributed by atoms with Crippen molar-refractivity contribution in [3.63, 3.8) is 0 Å². The Kier molecular flexibility index (Phi) is 3.59. The van der Waals surface area contributed by atoms with Crippen LogP contribution in [0.1, 0.15) is 24.8 Å². The molecule has 0 radical (unpaired) electrons. The van der Waals surface area contributed by atoms with Crippen LogP contribution in [-0.2, 0) is 6.42 Å². The van der Waals surface area contributed by atoms with E-state index in [2.05, 4.69) is 5.32 Å². The first kappa shape index (κ1) is 11.6. The van der Waals surface area contributed by atoms with Crippen LogP contribution in [0, 0.1) is 0 Å². The van der Waals surface area contributed by atoms with E-state index in [0.717, 1.165) is 12.1 Å². The minimum atomic E-state index is -1.09. The quantitative estimate of drug-likeness (QED) is 0.627. The summed E-state index contributed by atoms with van der Waals surface area (Å²) in [7, 11) is 0. The summed E-state index contributed by atoms with van der Waals surface area (Å²) in [6, 6.07) is 10.6. The highest BCUT2D eigenvalue weighted by atomic mass is 16.3. The van der Waals surface area contributed by atoms with E-state index in [1.54, 1.807) is 0 Å². The van der Waals surface area contributed by atoms with Crippen LogP contribution in [0.3, 0.4) is 0 Å². The fourth-order valence-corrected chi connectivity index (χ4v) is 1.82. The Balaban J connectivity index is 1.76. The maximum Gasteiger partial charge on any atom is 0.118 e. The fraction of sp³-hybridized carbons (Fsp3) is 0.538. The van der Waals surface area contributed by atoms with Crippen molar-refractivity contribution < 1.29 is 5.11 Å². The van der Waals surface area contributed by atoms with Gasteiger partial charge < -0.3 is 16.2 Å². The Morgan fingerprint density at radius 2 is 2.00 bits per heavy atom. The third-order valence-electron chi connectivity index (χ3n) is 2.92. The van der Waals surface area contributed by atoms with Gasteiger partial charge in [-0.1, -0.05) is 30.3 Å². The molecule has 1 saturated carbocycles. The molecule has 88 valence electrons. The first-order valence-electron chi connectivity index (χ1n) is 5.94. The van der Waals surface area contributed by atoms with E-state index in [1.807, 2.05) is 30.3 Å². The van der Waals surface area contributed by atoms with Crippen LogP contribution in [-0.4, -0.2) is 23.4 Å². The molecular weight excluding hydrogens is 200 g/mol. The third-order valence-corrected chi connectivity index (χ3v) is 2.92. The SMILES string of the molecule is N[C@@](O)(CCNC1CC1)Cc1ccccc1. The number of hydrogen-bond donors (Lipinski definition) is 3. The van der Waals surface area contributed by atoms with Gasteiger partial charge in [0.25, 0.3) is 0 Å². The van der Waals surface area contributed by atoms with Crippen LogP contribution in [0.5, 0.6) is 0 Å². The lowest BCUT2D eigenvalue weighted by Gasteiger charge is -2.23. The topological polar surface area (TPSA) is 58.3 Å². The van der Waals surface area contributed by atoms with Gasteiger partial charge in [0.15, 0.2) is 0 Å². The second-order valence-electron chi connectivity index (χ2n) is 4.74. The van der Waals surface area contributed by atoms with E-state index in [-0.39, 0.29) is 0 Å². The van der Waals surface area contributed by atoms with Gasteiger partial charge in [-0.05, 0) is 24.9 Å². The number of nitrogens with two attached hydrogens (primary N) is 1. The maximum absolute atomic E-state index is 10.0. The van der Waals surface area contributed by atoms with Crippen molar-refractivity contribution in [2.45, 2.75) is 37.5 Å². The molecule has 0 amide bonds. The van der Waals surface area contributed by atoms with Crippen LogP contribution in [0.15, 0.2) is 30.3 Å². The molecule has 1 aromatic carbocycles. The molecule has 1 aliphatic carbocycles. The van der Waals surface area contributed by atoms with E-state index in [1.165, 1.54) is 12.8 Å². The molecule has 1 aliphatic rings. The molecule has 0 bridgehead atoms. The molecule has 3 nitrogen and oxygen atoms in total. The number of rotatable bonds is 6. The minimum absolute atomic E-state index is 0.514. The van der Waals surface area contributed by atoms with Crippen molar-refractivity contribution in [3.8, 4) is 0 Å². The molecule has 1 atom stereocenters. The molecule has 0 aromatic heterocycles. The van der Waals surface area contributed by atoms with Crippen molar-refractivity contribution in [2.75, 3.05) is 6.54 Å². The zero-order valence-corrected chi connectivity index (χ0v) is 9.52. The summed E-state index contributed by atoms with van der Waals surface area (Å²) in [6.45, 7) is 0.796. The summed E-state index contributed by atoms with van der Waals surface area (Å²) in [5, 5.41) is 13.4. The second-order valence-corrected chi connectivity index (χ2v) is 4.74. The lowest BCUT2D eigenvalue weighted by Crippen LogP contribution is -2.44. The van der Waals surface area contributed by atoms with Gasteiger partial charge in [-0.25, -0.2) is 0 Å². The molecule has 0 unspecified atom stereocenters. The highest BCUT2D eigenvalue weighted by Crippen LogP contribution is 2.19. The van der Waals surface area contributed by atoms with Crippen molar-refractivity contribution in [1.29, 1.82) is 0 Å². The number of nitrogens with one attached hydrogen (secondary N) is 1. The van der Waals surface area contributed by atoms with Gasteiger partial charge in [0.1, 0.15) is 5.72 Å². The largest absolute Gasteiger partial charge is 0.376 e. The summed E-state index contributed by atoms with van der Waals surface area (Å²) < 4.78 is 0. The molecular formula is C13H20N2O. The van der Waals surface area contributed by atoms with Gasteiger partial charge in [-0.15, -0.1) is 0 Å². The normalized spacial score (nSPS) is 19.4. The number of hydrogen-bond acceptors (Lipinski definition) is 3. The first-order valence-corrected chi connectivity index (χ1v) is 5.94. The van der Waals surface area contributed by atoms with Crippen LogP contribution in [0.4, 0.5) is 0 Å². The van der Waals surface area contributed by atoms with Crippen molar-refractivity contribution in [1.82, 2.24) is 5.32 Å². The molecule has 0 spiro atoms. The minimum Gasteiger partial charge on any atom is -0.376 e. The highest BCUT2D eigenvalue weighted by Gasteiger charge is 2.24. The van der Waals surface area contributed by atoms with Gasteiger partial charge in [0.05, 0.1) is 0 Å². The predicted octanol–water partition coefficient (Wildman–Crippen LogP) is 1.02. The summed E-state index contributed by atoms with van der Waals surface area (Å²) >= 11 is 0. The average Bonchev–Trinajstić information content (AvgIpc) is 3.02.